The van der Waals surface area contributed by atoms with Crippen molar-refractivity contribution < 1.29 is 56.7 Å². The van der Waals surface area contributed by atoms with Gasteiger partial charge in [0.05, 0.1) is 33.3 Å². The summed E-state index contributed by atoms with van der Waals surface area (Å²) in [5.41, 5.74) is 8.66. The van der Waals surface area contributed by atoms with E-state index >= 15 is 0 Å². The largest absolute Gasteiger partial charge is 0.399 e. The van der Waals surface area contributed by atoms with Gasteiger partial charge in [-0.3, -0.25) is 28.4 Å². The summed E-state index contributed by atoms with van der Waals surface area (Å²) in [6, 6.07) is 25.8. The minimum Gasteiger partial charge on any atom is -0.399 e. The van der Waals surface area contributed by atoms with Crippen LogP contribution < -0.4 is 11.2 Å². The predicted octanol–water partition coefficient (Wildman–Crippen LogP) is 8.19. The molecule has 0 atom stereocenters. The number of hydrazone groups is 1. The summed E-state index contributed by atoms with van der Waals surface area (Å²) in [5.74, 6) is -0.852. The molecule has 20 nitrogen and oxygen atoms in total. The highest BCUT2D eigenvalue weighted by atomic mass is 32.2. The summed E-state index contributed by atoms with van der Waals surface area (Å²) >= 11 is 0. The highest BCUT2D eigenvalue weighted by molar-refractivity contribution is 7.91. The van der Waals surface area contributed by atoms with Gasteiger partial charge in [-0.05, 0) is 84.4 Å². The third kappa shape index (κ3) is 8.49. The van der Waals surface area contributed by atoms with E-state index in [0.717, 1.165) is 30.3 Å². The fourth-order valence-electron chi connectivity index (χ4n) is 6.90. The number of ketones is 1. The Hall–Kier alpha value is -7.16. The number of nitrogens with one attached hydrogen (secondary N) is 1. The van der Waals surface area contributed by atoms with Crippen molar-refractivity contribution in [2.24, 2.45) is 25.6 Å². The summed E-state index contributed by atoms with van der Waals surface area (Å²) < 4.78 is 138. The van der Waals surface area contributed by atoms with Crippen LogP contribution in [-0.2, 0) is 40.5 Å². The standard InChI is InChI=1S/C40H27N7O13S4/c41-22-8-10-25-21(16-22)17-38(64(58,59)60)39(40(25)48)47-46-34-14-15-35(30-20-24(61(49,50)51)9-11-28(30)34)45-44-33-13-12-32(26-4-1-2-5-27(26)33)43-42-23-18-31-29(37(19-23)63(55,56)57)6-3-7-36(31)62(52,53)54/h1-20,46H,41H2,(H,49,50,51)(H,52,53,54)(H,55,56,57)(H,58,59,60)/b43-42?,45-44?,47-39-. The van der Waals surface area contributed by atoms with Crippen LogP contribution in [0.25, 0.3) is 38.4 Å². The van der Waals surface area contributed by atoms with Gasteiger partial charge in [0.1, 0.15) is 14.7 Å². The number of carbonyl (C=O) groups is 1. The second-order valence-electron chi connectivity index (χ2n) is 13.8. The Morgan fingerprint density at radius 2 is 1.11 bits per heavy atom. The summed E-state index contributed by atoms with van der Waals surface area (Å²) in [6.07, 6.45) is 1.04. The van der Waals surface area contributed by atoms with Crippen LogP contribution in [0.4, 0.5) is 34.1 Å². The number of hydrogen-bond acceptors (Lipinski definition) is 16. The van der Waals surface area contributed by atoms with Crippen LogP contribution in [0.1, 0.15) is 15.9 Å². The van der Waals surface area contributed by atoms with E-state index < -0.39 is 71.6 Å². The van der Waals surface area contributed by atoms with Crippen molar-refractivity contribution in [2.45, 2.75) is 14.7 Å². The Labute approximate surface area is 362 Å². The molecule has 0 saturated heterocycles. The van der Waals surface area contributed by atoms with Gasteiger partial charge >= 0.3 is 0 Å². The number of allylic oxidation sites excluding steroid dienone is 1. The first-order valence-corrected chi connectivity index (χ1v) is 23.7. The molecule has 0 unspecified atom stereocenters. The van der Waals surface area contributed by atoms with Crippen LogP contribution in [0.3, 0.4) is 0 Å². The zero-order valence-electron chi connectivity index (χ0n) is 32.0. The van der Waals surface area contributed by atoms with Gasteiger partial charge in [0.15, 0.2) is 5.71 Å². The normalized spacial score (nSPS) is 14.5. The lowest BCUT2D eigenvalue weighted by Gasteiger charge is -2.17. The van der Waals surface area contributed by atoms with Gasteiger partial charge in [-0.2, -0.15) is 43.9 Å². The van der Waals surface area contributed by atoms with Crippen molar-refractivity contribution in [3.05, 3.63) is 131 Å². The van der Waals surface area contributed by atoms with Gasteiger partial charge in [0.2, 0.25) is 5.78 Å². The number of nitrogens with two attached hydrogens (primary N) is 1. The zero-order valence-corrected chi connectivity index (χ0v) is 35.2. The molecule has 0 spiro atoms. The molecule has 0 radical (unpaired) electrons. The van der Waals surface area contributed by atoms with Gasteiger partial charge in [0, 0.05) is 43.6 Å². The van der Waals surface area contributed by atoms with E-state index in [1.54, 1.807) is 24.3 Å². The molecule has 7 N–H and O–H groups in total. The smallest absolute Gasteiger partial charge is 0.296 e. The van der Waals surface area contributed by atoms with Gasteiger partial charge in [-0.25, -0.2) is 0 Å². The molecule has 0 heterocycles. The number of benzene rings is 7. The summed E-state index contributed by atoms with van der Waals surface area (Å²) in [4.78, 5) is 10.8. The lowest BCUT2D eigenvalue weighted by Crippen LogP contribution is -2.27. The maximum Gasteiger partial charge on any atom is 0.296 e. The van der Waals surface area contributed by atoms with Crippen molar-refractivity contribution in [1.82, 2.24) is 0 Å². The Kier molecular flexibility index (Phi) is 10.8. The van der Waals surface area contributed by atoms with E-state index in [0.29, 0.717) is 10.8 Å². The van der Waals surface area contributed by atoms with Gasteiger partial charge in [-0.1, -0.05) is 42.5 Å². The van der Waals surface area contributed by atoms with Crippen LogP contribution in [0.2, 0.25) is 0 Å². The first-order chi connectivity index (χ1) is 30.1. The summed E-state index contributed by atoms with van der Waals surface area (Å²) in [6.45, 7) is 0. The zero-order chi connectivity index (χ0) is 45.9. The van der Waals surface area contributed by atoms with Crippen LogP contribution in [-0.4, -0.2) is 63.4 Å². The Morgan fingerprint density at radius 1 is 0.500 bits per heavy atom. The molecule has 0 saturated carbocycles. The van der Waals surface area contributed by atoms with Crippen molar-refractivity contribution >= 4 is 124 Å². The highest BCUT2D eigenvalue weighted by Crippen LogP contribution is 2.39. The Morgan fingerprint density at radius 3 is 1.73 bits per heavy atom. The number of nitrogens with zero attached hydrogens (tertiary/aromatic N) is 5. The molecule has 7 aromatic carbocycles. The Bertz CT molecular complexity index is 3800. The minimum absolute atomic E-state index is 0.0558. The number of fused-ring (bicyclic) bond motifs is 4. The molecule has 64 heavy (non-hydrogen) atoms. The Balaban J connectivity index is 1.18. The first-order valence-electron chi connectivity index (χ1n) is 18.0. The van der Waals surface area contributed by atoms with Crippen molar-refractivity contribution in [2.75, 3.05) is 11.2 Å². The van der Waals surface area contributed by atoms with Gasteiger partial charge in [-0.15, -0.1) is 15.3 Å². The molecule has 0 bridgehead atoms. The minimum atomic E-state index is -4.99. The number of nitrogen functional groups attached to an aromatic ring is 1. The van der Waals surface area contributed by atoms with Crippen LogP contribution in [0.15, 0.2) is 160 Å². The number of carbonyl (C=O) groups excluding carboxylic acids is 1. The van der Waals surface area contributed by atoms with Crippen molar-refractivity contribution in [3.8, 4) is 0 Å². The number of hydrogen-bond donors (Lipinski definition) is 6. The average Bonchev–Trinajstić information content (AvgIpc) is 3.22. The van der Waals surface area contributed by atoms with Crippen molar-refractivity contribution in [1.29, 1.82) is 0 Å². The quantitative estimate of drug-likeness (QED) is 0.0326. The third-order valence-corrected chi connectivity index (χ3v) is 13.3. The maximum absolute atomic E-state index is 13.4. The fourth-order valence-corrected chi connectivity index (χ4v) is 9.49. The average molecular weight is 942 g/mol. The molecular formula is C40H27N7O13S4. The molecule has 7 aromatic rings. The predicted molar refractivity (Wildman–Crippen MR) is 235 cm³/mol. The molecular weight excluding hydrogens is 915 g/mol. The lowest BCUT2D eigenvalue weighted by atomic mass is 9.94. The first kappa shape index (κ1) is 43.5. The molecule has 8 rings (SSSR count). The number of azo groups is 2. The molecule has 0 amide bonds. The maximum atomic E-state index is 13.4. The molecule has 0 aromatic heterocycles. The van der Waals surface area contributed by atoms with E-state index in [1.165, 1.54) is 66.7 Å². The van der Waals surface area contributed by atoms with Crippen LogP contribution >= 0.6 is 0 Å². The molecule has 1 aliphatic rings. The molecule has 1 aliphatic carbocycles. The molecule has 0 fully saturated rings. The number of rotatable bonds is 10. The number of Topliss-reactive ketones (excluding diaryl/α,β-unsaturated/α-hetero) is 1. The monoisotopic (exact) mass is 941 g/mol. The van der Waals surface area contributed by atoms with E-state index in [9.17, 15) is 56.7 Å². The summed E-state index contributed by atoms with van der Waals surface area (Å²) in [7, 11) is -19.5. The summed E-state index contributed by atoms with van der Waals surface area (Å²) in [5, 5.41) is 22.0. The van der Waals surface area contributed by atoms with Gasteiger partial charge in [0.25, 0.3) is 40.5 Å². The van der Waals surface area contributed by atoms with Gasteiger partial charge < -0.3 is 5.73 Å². The fraction of sp³-hybridized carbons (Fsp3) is 0. The highest BCUT2D eigenvalue weighted by Gasteiger charge is 2.33. The number of anilines is 2. The van der Waals surface area contributed by atoms with E-state index in [4.69, 9.17) is 5.73 Å². The van der Waals surface area contributed by atoms with Crippen LogP contribution in [0, 0.1) is 0 Å². The molecule has 0 aliphatic heterocycles. The topological polar surface area (TPSA) is 334 Å². The van der Waals surface area contributed by atoms with E-state index in [2.05, 4.69) is 31.0 Å². The lowest BCUT2D eigenvalue weighted by molar-refractivity contribution is 0.106. The van der Waals surface area contributed by atoms with Crippen molar-refractivity contribution in [3.63, 3.8) is 0 Å². The second-order valence-corrected chi connectivity index (χ2v) is 19.4. The van der Waals surface area contributed by atoms with E-state index in [1.807, 2.05) is 0 Å². The molecule has 324 valence electrons. The SMILES string of the molecule is Nc1ccc2c(c1)C=C(S(=O)(=O)O)/C(=N/Nc1ccc(N=Nc3ccc(N=Nc4cc(S(=O)(=O)O)c5cccc(S(=O)(=O)O)c5c4)c4ccccc34)c3cc(S(=O)(=O)O)ccc13)C2=O. The third-order valence-electron chi connectivity index (χ3n) is 9.76. The van der Waals surface area contributed by atoms with E-state index in [-0.39, 0.29) is 66.8 Å². The van der Waals surface area contributed by atoms with Crippen LogP contribution in [0.5, 0.6) is 0 Å². The second kappa shape index (κ2) is 15.9. The molecule has 24 heteroatoms.